The Balaban J connectivity index is 2.62. The van der Waals surface area contributed by atoms with Gasteiger partial charge in [-0.25, -0.2) is 0 Å². The number of benzene rings is 1. The van der Waals surface area contributed by atoms with Crippen molar-refractivity contribution in [1.82, 2.24) is 5.32 Å². The topological polar surface area (TPSA) is 45.0 Å². The van der Waals surface area contributed by atoms with Gasteiger partial charge in [-0.3, -0.25) is 5.32 Å². The monoisotopic (exact) mass is 246 g/mol. The lowest BCUT2D eigenvalue weighted by Crippen LogP contribution is -2.46. The first-order chi connectivity index (χ1) is 8.50. The number of rotatable bonds is 6. The van der Waals surface area contributed by atoms with Crippen LogP contribution in [0.3, 0.4) is 0 Å². The third-order valence-corrected chi connectivity index (χ3v) is 3.02. The Kier molecular flexibility index (Phi) is 5.18. The van der Waals surface area contributed by atoms with Crippen molar-refractivity contribution in [2.75, 3.05) is 13.2 Å². The molecule has 0 aromatic heterocycles. The van der Waals surface area contributed by atoms with Gasteiger partial charge in [0.1, 0.15) is 17.9 Å². The SMILES string of the molecule is CCCNC(C)(C#N)COc1ccc(C)c(C)c1. The number of hydrogen-bond acceptors (Lipinski definition) is 3. The summed E-state index contributed by atoms with van der Waals surface area (Å²) in [7, 11) is 0. The average Bonchev–Trinajstić information content (AvgIpc) is 2.38. The molecule has 0 aliphatic heterocycles. The van der Waals surface area contributed by atoms with Crippen LogP contribution < -0.4 is 10.1 Å². The highest BCUT2D eigenvalue weighted by Crippen LogP contribution is 2.17. The van der Waals surface area contributed by atoms with E-state index in [0.29, 0.717) is 6.61 Å². The van der Waals surface area contributed by atoms with Crippen LogP contribution in [0, 0.1) is 25.2 Å². The third kappa shape index (κ3) is 4.05. The number of hydrogen-bond donors (Lipinski definition) is 1. The van der Waals surface area contributed by atoms with Crippen LogP contribution >= 0.6 is 0 Å². The van der Waals surface area contributed by atoms with Crippen LogP contribution in [0.25, 0.3) is 0 Å². The van der Waals surface area contributed by atoms with Crippen LogP contribution in [0.4, 0.5) is 0 Å². The summed E-state index contributed by atoms with van der Waals surface area (Å²) in [5.41, 5.74) is 1.82. The number of nitrogens with one attached hydrogen (secondary N) is 1. The molecule has 3 heteroatoms. The Labute approximate surface area is 110 Å². The van der Waals surface area contributed by atoms with Crippen LogP contribution in [0.15, 0.2) is 18.2 Å². The van der Waals surface area contributed by atoms with Crippen molar-refractivity contribution < 1.29 is 4.74 Å². The minimum atomic E-state index is -0.630. The molecule has 18 heavy (non-hydrogen) atoms. The molecule has 0 aliphatic rings. The lowest BCUT2D eigenvalue weighted by atomic mass is 10.1. The molecule has 0 saturated carbocycles. The maximum atomic E-state index is 9.20. The van der Waals surface area contributed by atoms with Gasteiger partial charge in [-0.05, 0) is 57.0 Å². The molecule has 0 saturated heterocycles. The number of nitrogens with zero attached hydrogens (tertiary/aromatic N) is 1. The Hall–Kier alpha value is -1.53. The molecule has 0 radical (unpaired) electrons. The van der Waals surface area contributed by atoms with Crippen molar-refractivity contribution >= 4 is 0 Å². The first kappa shape index (κ1) is 14.5. The Morgan fingerprint density at radius 1 is 1.33 bits per heavy atom. The molecule has 1 N–H and O–H groups in total. The molecule has 1 unspecified atom stereocenters. The highest BCUT2D eigenvalue weighted by molar-refractivity contribution is 5.34. The van der Waals surface area contributed by atoms with Crippen molar-refractivity contribution in [3.8, 4) is 11.8 Å². The van der Waals surface area contributed by atoms with E-state index in [2.05, 4.69) is 32.2 Å². The molecule has 0 heterocycles. The van der Waals surface area contributed by atoms with E-state index < -0.39 is 5.54 Å². The normalized spacial score (nSPS) is 13.7. The largest absolute Gasteiger partial charge is 0.491 e. The molecular weight excluding hydrogens is 224 g/mol. The zero-order chi connectivity index (χ0) is 13.6. The van der Waals surface area contributed by atoms with Gasteiger partial charge < -0.3 is 4.74 Å². The van der Waals surface area contributed by atoms with E-state index in [9.17, 15) is 5.26 Å². The van der Waals surface area contributed by atoms with Crippen molar-refractivity contribution in [2.24, 2.45) is 0 Å². The second-order valence-corrected chi connectivity index (χ2v) is 4.91. The van der Waals surface area contributed by atoms with Crippen LogP contribution in [0.5, 0.6) is 5.75 Å². The lowest BCUT2D eigenvalue weighted by Gasteiger charge is -2.23. The molecule has 0 bridgehead atoms. The maximum Gasteiger partial charge on any atom is 0.138 e. The predicted octanol–water partition coefficient (Wildman–Crippen LogP) is 2.96. The third-order valence-electron chi connectivity index (χ3n) is 3.02. The van der Waals surface area contributed by atoms with Gasteiger partial charge in [-0.1, -0.05) is 13.0 Å². The van der Waals surface area contributed by atoms with Gasteiger partial charge in [0.2, 0.25) is 0 Å². The van der Waals surface area contributed by atoms with E-state index in [0.717, 1.165) is 18.7 Å². The summed E-state index contributed by atoms with van der Waals surface area (Å²) in [6.07, 6.45) is 1.00. The molecule has 3 nitrogen and oxygen atoms in total. The summed E-state index contributed by atoms with van der Waals surface area (Å²) in [4.78, 5) is 0. The number of ether oxygens (including phenoxy) is 1. The smallest absolute Gasteiger partial charge is 0.138 e. The first-order valence-corrected chi connectivity index (χ1v) is 6.37. The fourth-order valence-corrected chi connectivity index (χ4v) is 1.56. The number of aryl methyl sites for hydroxylation is 2. The Bertz CT molecular complexity index is 437. The van der Waals surface area contributed by atoms with Gasteiger partial charge in [0.25, 0.3) is 0 Å². The van der Waals surface area contributed by atoms with Crippen LogP contribution in [0.1, 0.15) is 31.4 Å². The quantitative estimate of drug-likeness (QED) is 0.839. The second kappa shape index (κ2) is 6.42. The van der Waals surface area contributed by atoms with E-state index in [1.54, 1.807) is 0 Å². The fourth-order valence-electron chi connectivity index (χ4n) is 1.56. The standard InChI is InChI=1S/C15H22N2O/c1-5-8-17-15(4,10-16)11-18-14-7-6-12(2)13(3)9-14/h6-7,9,17H,5,8,11H2,1-4H3. The predicted molar refractivity (Wildman–Crippen MR) is 73.7 cm³/mol. The van der Waals surface area contributed by atoms with Crippen molar-refractivity contribution in [1.29, 1.82) is 5.26 Å². The highest BCUT2D eigenvalue weighted by Gasteiger charge is 2.23. The van der Waals surface area contributed by atoms with Crippen molar-refractivity contribution in [2.45, 2.75) is 39.7 Å². The molecule has 1 rings (SSSR count). The van der Waals surface area contributed by atoms with Gasteiger partial charge >= 0.3 is 0 Å². The molecule has 0 amide bonds. The Morgan fingerprint density at radius 3 is 2.61 bits per heavy atom. The van der Waals surface area contributed by atoms with Crippen molar-refractivity contribution in [3.05, 3.63) is 29.3 Å². The summed E-state index contributed by atoms with van der Waals surface area (Å²) in [5, 5.41) is 12.4. The molecule has 1 atom stereocenters. The highest BCUT2D eigenvalue weighted by atomic mass is 16.5. The van der Waals surface area contributed by atoms with Gasteiger partial charge in [0.05, 0.1) is 6.07 Å². The van der Waals surface area contributed by atoms with E-state index in [1.807, 2.05) is 25.1 Å². The summed E-state index contributed by atoms with van der Waals surface area (Å²) >= 11 is 0. The molecular formula is C15H22N2O. The summed E-state index contributed by atoms with van der Waals surface area (Å²) < 4.78 is 5.71. The van der Waals surface area contributed by atoms with Gasteiger partial charge in [-0.2, -0.15) is 5.26 Å². The number of nitriles is 1. The van der Waals surface area contributed by atoms with Crippen LogP contribution in [-0.2, 0) is 0 Å². The second-order valence-electron chi connectivity index (χ2n) is 4.91. The zero-order valence-corrected chi connectivity index (χ0v) is 11.7. The van der Waals surface area contributed by atoms with Crippen LogP contribution in [-0.4, -0.2) is 18.7 Å². The summed E-state index contributed by atoms with van der Waals surface area (Å²) in [6, 6.07) is 8.26. The van der Waals surface area contributed by atoms with Crippen molar-refractivity contribution in [3.63, 3.8) is 0 Å². The Morgan fingerprint density at radius 2 is 2.06 bits per heavy atom. The summed E-state index contributed by atoms with van der Waals surface area (Å²) in [6.45, 7) is 9.24. The van der Waals surface area contributed by atoms with Gasteiger partial charge in [-0.15, -0.1) is 0 Å². The lowest BCUT2D eigenvalue weighted by molar-refractivity contribution is 0.234. The molecule has 98 valence electrons. The molecule has 0 spiro atoms. The average molecular weight is 246 g/mol. The fraction of sp³-hybridized carbons (Fsp3) is 0.533. The van der Waals surface area contributed by atoms with E-state index in [4.69, 9.17) is 4.74 Å². The minimum Gasteiger partial charge on any atom is -0.491 e. The summed E-state index contributed by atoms with van der Waals surface area (Å²) in [5.74, 6) is 0.817. The molecule has 1 aromatic rings. The van der Waals surface area contributed by atoms with E-state index >= 15 is 0 Å². The molecule has 1 aromatic carbocycles. The van der Waals surface area contributed by atoms with Crippen LogP contribution in [0.2, 0.25) is 0 Å². The van der Waals surface area contributed by atoms with E-state index in [-0.39, 0.29) is 0 Å². The minimum absolute atomic E-state index is 0.353. The van der Waals surface area contributed by atoms with Gasteiger partial charge in [0.15, 0.2) is 0 Å². The maximum absolute atomic E-state index is 9.20. The molecule has 0 fully saturated rings. The van der Waals surface area contributed by atoms with E-state index in [1.165, 1.54) is 11.1 Å². The van der Waals surface area contributed by atoms with Gasteiger partial charge in [0, 0.05) is 0 Å². The molecule has 0 aliphatic carbocycles. The zero-order valence-electron chi connectivity index (χ0n) is 11.7. The first-order valence-electron chi connectivity index (χ1n) is 6.37.